The molecular formula is C19H18ClN3O5S. The number of benzene rings is 2. The van der Waals surface area contributed by atoms with Crippen LogP contribution in [0.25, 0.3) is 0 Å². The van der Waals surface area contributed by atoms with E-state index in [4.69, 9.17) is 20.9 Å². The van der Waals surface area contributed by atoms with Crippen molar-refractivity contribution in [3.63, 3.8) is 0 Å². The molecule has 2 N–H and O–H groups in total. The highest BCUT2D eigenvalue weighted by atomic mass is 35.5. The normalized spacial score (nSPS) is 12.2. The maximum atomic E-state index is 12.4. The molecule has 1 aromatic heterocycles. The Labute approximate surface area is 172 Å². The van der Waals surface area contributed by atoms with E-state index in [0.29, 0.717) is 22.2 Å². The third-order valence-electron chi connectivity index (χ3n) is 3.81. The summed E-state index contributed by atoms with van der Waals surface area (Å²) in [5.74, 6) is 0.559. The van der Waals surface area contributed by atoms with Gasteiger partial charge in [-0.25, -0.2) is 8.42 Å². The Morgan fingerprint density at radius 3 is 2.48 bits per heavy atom. The number of ether oxygens (including phenoxy) is 1. The molecule has 0 unspecified atom stereocenters. The first-order valence-corrected chi connectivity index (χ1v) is 10.4. The van der Waals surface area contributed by atoms with Crippen molar-refractivity contribution < 1.29 is 22.5 Å². The third kappa shape index (κ3) is 5.27. The predicted octanol–water partition coefficient (Wildman–Crippen LogP) is 3.84. The Bertz CT molecular complexity index is 1110. The highest BCUT2D eigenvalue weighted by molar-refractivity contribution is 7.92. The third-order valence-corrected chi connectivity index (χ3v) is 5.49. The van der Waals surface area contributed by atoms with Gasteiger partial charge in [0, 0.05) is 11.8 Å². The number of halogens is 1. The van der Waals surface area contributed by atoms with Crippen LogP contribution < -0.4 is 14.8 Å². The molecule has 8 nitrogen and oxygen atoms in total. The van der Waals surface area contributed by atoms with Crippen LogP contribution in [0.4, 0.5) is 11.5 Å². The predicted molar refractivity (Wildman–Crippen MR) is 109 cm³/mol. The van der Waals surface area contributed by atoms with Crippen molar-refractivity contribution in [2.75, 3.05) is 10.0 Å². The van der Waals surface area contributed by atoms with Gasteiger partial charge in [-0.05, 0) is 50.2 Å². The minimum Gasteiger partial charge on any atom is -0.479 e. The minimum absolute atomic E-state index is 0.0107. The van der Waals surface area contributed by atoms with E-state index < -0.39 is 22.0 Å². The number of nitrogens with zero attached hydrogens (tertiary/aromatic N) is 1. The van der Waals surface area contributed by atoms with Gasteiger partial charge < -0.3 is 14.6 Å². The standard InChI is InChI=1S/C19H18ClN3O5S/c1-12-11-18(22-28-12)23-29(25,26)15-9-7-14(8-10-15)21-19(24)13(2)27-17-6-4-3-5-16(17)20/h3-11,13H,1-2H3,(H,21,24)(H,22,23)/t13-/m1/s1. The topological polar surface area (TPSA) is 111 Å². The van der Waals surface area contributed by atoms with Crippen LogP contribution in [0.1, 0.15) is 12.7 Å². The number of rotatable bonds is 7. The van der Waals surface area contributed by atoms with Gasteiger partial charge in [0.25, 0.3) is 15.9 Å². The largest absolute Gasteiger partial charge is 0.479 e. The molecule has 2 aromatic carbocycles. The Kier molecular flexibility index (Phi) is 6.09. The number of hydrogen-bond acceptors (Lipinski definition) is 6. The molecule has 3 rings (SSSR count). The second kappa shape index (κ2) is 8.54. The van der Waals surface area contributed by atoms with Gasteiger partial charge in [-0.3, -0.25) is 9.52 Å². The molecule has 3 aromatic rings. The van der Waals surface area contributed by atoms with E-state index in [0.717, 1.165) is 0 Å². The summed E-state index contributed by atoms with van der Waals surface area (Å²) in [6, 6.07) is 14.0. The van der Waals surface area contributed by atoms with E-state index >= 15 is 0 Å². The Balaban J connectivity index is 1.63. The summed E-state index contributed by atoms with van der Waals surface area (Å²) in [6.45, 7) is 3.24. The molecule has 0 aliphatic rings. The maximum absolute atomic E-state index is 12.4. The first-order valence-electron chi connectivity index (χ1n) is 8.53. The first-order chi connectivity index (χ1) is 13.7. The van der Waals surface area contributed by atoms with Crippen LogP contribution in [0.15, 0.2) is 64.0 Å². The maximum Gasteiger partial charge on any atom is 0.265 e. The number of hydrogen-bond donors (Lipinski definition) is 2. The fraction of sp³-hybridized carbons (Fsp3) is 0.158. The second-order valence-corrected chi connectivity index (χ2v) is 8.22. The Morgan fingerprint density at radius 2 is 1.86 bits per heavy atom. The molecule has 1 heterocycles. The lowest BCUT2D eigenvalue weighted by Crippen LogP contribution is -2.30. The SMILES string of the molecule is Cc1cc(NS(=O)(=O)c2ccc(NC(=O)[C@@H](C)Oc3ccccc3Cl)cc2)no1. The Hall–Kier alpha value is -3.04. The smallest absolute Gasteiger partial charge is 0.265 e. The van der Waals surface area contributed by atoms with Crippen molar-refractivity contribution in [1.82, 2.24) is 5.16 Å². The van der Waals surface area contributed by atoms with Crippen LogP contribution in [0, 0.1) is 6.92 Å². The summed E-state index contributed by atoms with van der Waals surface area (Å²) < 4.78 is 37.5. The van der Waals surface area contributed by atoms with E-state index in [1.807, 2.05) is 0 Å². The molecule has 0 saturated heterocycles. The van der Waals surface area contributed by atoms with Crippen LogP contribution in [0.3, 0.4) is 0 Å². The van der Waals surface area contributed by atoms with Gasteiger partial charge in [0.1, 0.15) is 11.5 Å². The van der Waals surface area contributed by atoms with Gasteiger partial charge in [0.2, 0.25) is 0 Å². The van der Waals surface area contributed by atoms with Crippen molar-refractivity contribution in [3.05, 3.63) is 65.4 Å². The number of sulfonamides is 1. The molecule has 1 amide bonds. The summed E-state index contributed by atoms with van der Waals surface area (Å²) in [4.78, 5) is 12.3. The molecule has 10 heteroatoms. The number of anilines is 2. The molecule has 1 atom stereocenters. The van der Waals surface area contributed by atoms with E-state index in [9.17, 15) is 13.2 Å². The quantitative estimate of drug-likeness (QED) is 0.583. The van der Waals surface area contributed by atoms with Gasteiger partial charge in [-0.2, -0.15) is 0 Å². The van der Waals surface area contributed by atoms with Gasteiger partial charge in [0.15, 0.2) is 11.9 Å². The van der Waals surface area contributed by atoms with Crippen LogP contribution in [0.5, 0.6) is 5.75 Å². The lowest BCUT2D eigenvalue weighted by atomic mass is 10.3. The average molecular weight is 436 g/mol. The van der Waals surface area contributed by atoms with E-state index in [1.54, 1.807) is 38.1 Å². The fourth-order valence-corrected chi connectivity index (χ4v) is 3.52. The summed E-state index contributed by atoms with van der Waals surface area (Å²) in [5, 5.41) is 6.66. The van der Waals surface area contributed by atoms with E-state index in [2.05, 4.69) is 15.2 Å². The Morgan fingerprint density at radius 1 is 1.17 bits per heavy atom. The van der Waals surface area contributed by atoms with Crippen molar-refractivity contribution >= 4 is 39.0 Å². The zero-order valence-corrected chi connectivity index (χ0v) is 17.1. The lowest BCUT2D eigenvalue weighted by molar-refractivity contribution is -0.122. The van der Waals surface area contributed by atoms with Gasteiger partial charge in [-0.15, -0.1) is 0 Å². The molecule has 152 valence electrons. The van der Waals surface area contributed by atoms with E-state index in [1.165, 1.54) is 30.3 Å². The van der Waals surface area contributed by atoms with Crippen LogP contribution >= 0.6 is 11.6 Å². The van der Waals surface area contributed by atoms with Crippen LogP contribution in [-0.2, 0) is 14.8 Å². The number of carbonyl (C=O) groups excluding carboxylic acids is 1. The number of amides is 1. The molecule has 0 saturated carbocycles. The highest BCUT2D eigenvalue weighted by Gasteiger charge is 2.18. The fourth-order valence-electron chi connectivity index (χ4n) is 2.36. The second-order valence-electron chi connectivity index (χ2n) is 6.13. The number of carbonyl (C=O) groups is 1. The van der Waals surface area contributed by atoms with Crippen molar-refractivity contribution in [3.8, 4) is 5.75 Å². The number of nitrogens with one attached hydrogen (secondary N) is 2. The lowest BCUT2D eigenvalue weighted by Gasteiger charge is -2.15. The summed E-state index contributed by atoms with van der Waals surface area (Å²) >= 11 is 6.02. The van der Waals surface area contributed by atoms with Crippen molar-refractivity contribution in [2.24, 2.45) is 0 Å². The zero-order valence-electron chi connectivity index (χ0n) is 15.5. The van der Waals surface area contributed by atoms with E-state index in [-0.39, 0.29) is 10.7 Å². The molecular weight excluding hydrogens is 418 g/mol. The number of aromatic nitrogens is 1. The summed E-state index contributed by atoms with van der Waals surface area (Å²) in [5.41, 5.74) is 0.417. The van der Waals surface area contributed by atoms with Crippen molar-refractivity contribution in [1.29, 1.82) is 0 Å². The first kappa shape index (κ1) is 20.7. The minimum atomic E-state index is -3.83. The van der Waals surface area contributed by atoms with Gasteiger partial charge in [-0.1, -0.05) is 28.9 Å². The molecule has 0 aliphatic heterocycles. The van der Waals surface area contributed by atoms with Gasteiger partial charge in [0.05, 0.1) is 9.92 Å². The summed E-state index contributed by atoms with van der Waals surface area (Å²) in [7, 11) is -3.83. The monoisotopic (exact) mass is 435 g/mol. The highest BCUT2D eigenvalue weighted by Crippen LogP contribution is 2.24. The number of aryl methyl sites for hydroxylation is 1. The zero-order chi connectivity index (χ0) is 21.0. The molecule has 29 heavy (non-hydrogen) atoms. The van der Waals surface area contributed by atoms with Gasteiger partial charge >= 0.3 is 0 Å². The molecule has 0 aliphatic carbocycles. The van der Waals surface area contributed by atoms with Crippen LogP contribution in [0.2, 0.25) is 5.02 Å². The van der Waals surface area contributed by atoms with Crippen molar-refractivity contribution in [2.45, 2.75) is 24.8 Å². The molecule has 0 fully saturated rings. The summed E-state index contributed by atoms with van der Waals surface area (Å²) in [6.07, 6.45) is -0.810. The molecule has 0 radical (unpaired) electrons. The number of para-hydroxylation sites is 1. The molecule has 0 spiro atoms. The average Bonchev–Trinajstić information content (AvgIpc) is 3.08. The molecule has 0 bridgehead atoms. The van der Waals surface area contributed by atoms with Crippen LogP contribution in [-0.4, -0.2) is 25.6 Å².